The normalized spacial score (nSPS) is 12.3. The van der Waals surface area contributed by atoms with Crippen LogP contribution in [0.2, 0.25) is 0 Å². The molecule has 0 rings (SSSR count). The van der Waals surface area contributed by atoms with E-state index in [0.717, 1.165) is 32.2 Å². The highest BCUT2D eigenvalue weighted by Gasteiger charge is 2.16. The zero-order chi connectivity index (χ0) is 32.9. The fourth-order valence-corrected chi connectivity index (χ4v) is 3.59. The van der Waals surface area contributed by atoms with E-state index in [9.17, 15) is 4.79 Å². The molecule has 45 heavy (non-hydrogen) atoms. The molecule has 13 nitrogen and oxygen atoms in total. The Morgan fingerprint density at radius 1 is 0.467 bits per heavy atom. The van der Waals surface area contributed by atoms with Crippen LogP contribution in [0.5, 0.6) is 0 Å². The summed E-state index contributed by atoms with van der Waals surface area (Å²) in [6, 6.07) is 0. The lowest BCUT2D eigenvalue weighted by Crippen LogP contribution is -2.20. The first-order valence-corrected chi connectivity index (χ1v) is 16.7. The van der Waals surface area contributed by atoms with Gasteiger partial charge in [0.15, 0.2) is 0 Å². The van der Waals surface area contributed by atoms with E-state index in [1.54, 1.807) is 0 Å². The van der Waals surface area contributed by atoms with Crippen molar-refractivity contribution in [2.75, 3.05) is 159 Å². The molecular formula is C32H65NO12. The van der Waals surface area contributed by atoms with Gasteiger partial charge in [0.2, 0.25) is 0 Å². The van der Waals surface area contributed by atoms with Gasteiger partial charge in [0.25, 0.3) is 0 Å². The van der Waals surface area contributed by atoms with E-state index in [1.807, 2.05) is 21.0 Å². The van der Waals surface area contributed by atoms with Crippen LogP contribution in [0.1, 0.15) is 39.5 Å². The number of ether oxygens (including phenoxy) is 11. The molecule has 0 aromatic heterocycles. The number of hydrogen-bond donors (Lipinski definition) is 0. The molecule has 270 valence electrons. The van der Waals surface area contributed by atoms with Crippen LogP contribution >= 0.6 is 0 Å². The first-order valence-electron chi connectivity index (χ1n) is 16.7. The van der Waals surface area contributed by atoms with Crippen molar-refractivity contribution < 1.29 is 56.9 Å². The lowest BCUT2D eigenvalue weighted by atomic mass is 10.00. The van der Waals surface area contributed by atoms with Crippen molar-refractivity contribution in [1.82, 2.24) is 4.90 Å². The van der Waals surface area contributed by atoms with E-state index >= 15 is 0 Å². The lowest BCUT2D eigenvalue weighted by Gasteiger charge is -2.13. The van der Waals surface area contributed by atoms with Gasteiger partial charge in [-0.3, -0.25) is 4.79 Å². The zero-order valence-electron chi connectivity index (χ0n) is 28.8. The van der Waals surface area contributed by atoms with Crippen LogP contribution in [0, 0.1) is 5.92 Å². The van der Waals surface area contributed by atoms with E-state index in [4.69, 9.17) is 52.1 Å². The largest absolute Gasteiger partial charge is 0.463 e. The molecule has 1 unspecified atom stereocenters. The van der Waals surface area contributed by atoms with E-state index in [-0.39, 0.29) is 18.5 Å². The summed E-state index contributed by atoms with van der Waals surface area (Å²) >= 11 is 0. The van der Waals surface area contributed by atoms with E-state index in [0.29, 0.717) is 132 Å². The SMILES string of the molecule is CCCCC(CC)C(=O)OCCOCCOCCOCCOCCOCCOCCOCCOCCOCCOCCN(C)C. The molecule has 13 heteroatoms. The molecule has 0 N–H and O–H groups in total. The van der Waals surface area contributed by atoms with Gasteiger partial charge in [-0.25, -0.2) is 0 Å². The predicted octanol–water partition coefficient (Wildman–Crippen LogP) is 2.47. The second kappa shape index (κ2) is 37.5. The van der Waals surface area contributed by atoms with Gasteiger partial charge in [0, 0.05) is 6.54 Å². The molecular weight excluding hydrogens is 590 g/mol. The first-order chi connectivity index (χ1) is 22.1. The molecule has 0 bridgehead atoms. The van der Waals surface area contributed by atoms with Crippen molar-refractivity contribution >= 4 is 5.97 Å². The average molecular weight is 656 g/mol. The standard InChI is InChI=1S/C32H65NO12/c1-5-7-8-31(6-2)32(34)45-30-29-44-28-27-43-26-25-42-24-23-41-22-21-40-20-19-39-18-17-38-16-15-37-14-13-36-12-11-35-10-9-33(3)4/h31H,5-30H2,1-4H3. The van der Waals surface area contributed by atoms with Crippen molar-refractivity contribution in [3.63, 3.8) is 0 Å². The van der Waals surface area contributed by atoms with Gasteiger partial charge in [-0.1, -0.05) is 26.7 Å². The number of hydrogen-bond acceptors (Lipinski definition) is 13. The topological polar surface area (TPSA) is 122 Å². The maximum Gasteiger partial charge on any atom is 0.308 e. The van der Waals surface area contributed by atoms with Gasteiger partial charge in [-0.2, -0.15) is 0 Å². The Morgan fingerprint density at radius 2 is 0.756 bits per heavy atom. The molecule has 0 saturated carbocycles. The van der Waals surface area contributed by atoms with E-state index < -0.39 is 0 Å². The van der Waals surface area contributed by atoms with Gasteiger partial charge in [-0.05, 0) is 26.9 Å². The third kappa shape index (κ3) is 35.7. The van der Waals surface area contributed by atoms with Gasteiger partial charge in [0.1, 0.15) is 6.61 Å². The van der Waals surface area contributed by atoms with Crippen molar-refractivity contribution in [1.29, 1.82) is 0 Å². The molecule has 0 saturated heterocycles. The highest BCUT2D eigenvalue weighted by atomic mass is 16.6. The Hall–Kier alpha value is -0.970. The summed E-state index contributed by atoms with van der Waals surface area (Å²) in [5, 5.41) is 0. The lowest BCUT2D eigenvalue weighted by molar-refractivity contribution is -0.150. The molecule has 0 aliphatic rings. The van der Waals surface area contributed by atoms with Gasteiger partial charge in [-0.15, -0.1) is 0 Å². The van der Waals surface area contributed by atoms with Crippen molar-refractivity contribution in [3.05, 3.63) is 0 Å². The summed E-state index contributed by atoms with van der Waals surface area (Å²) in [7, 11) is 4.04. The third-order valence-electron chi connectivity index (χ3n) is 6.24. The zero-order valence-corrected chi connectivity index (χ0v) is 28.8. The second-order valence-corrected chi connectivity index (χ2v) is 10.3. The fourth-order valence-electron chi connectivity index (χ4n) is 3.59. The second-order valence-electron chi connectivity index (χ2n) is 10.3. The monoisotopic (exact) mass is 655 g/mol. The Balaban J connectivity index is 3.14. The van der Waals surface area contributed by atoms with Crippen LogP contribution in [0.3, 0.4) is 0 Å². The summed E-state index contributed by atoms with van der Waals surface area (Å²) in [5.74, 6) is -0.120. The van der Waals surface area contributed by atoms with Gasteiger partial charge >= 0.3 is 5.97 Å². The van der Waals surface area contributed by atoms with Crippen LogP contribution in [0.25, 0.3) is 0 Å². The quantitative estimate of drug-likeness (QED) is 0.0716. The Morgan fingerprint density at radius 3 is 1.02 bits per heavy atom. The van der Waals surface area contributed by atoms with Gasteiger partial charge < -0.3 is 57.0 Å². The molecule has 0 radical (unpaired) electrons. The van der Waals surface area contributed by atoms with E-state index in [2.05, 4.69) is 11.8 Å². The Bertz CT molecular complexity index is 588. The fraction of sp³-hybridized carbons (Fsp3) is 0.969. The molecule has 0 aromatic rings. The number of carbonyl (C=O) groups excluding carboxylic acids is 1. The van der Waals surface area contributed by atoms with Crippen molar-refractivity contribution in [2.45, 2.75) is 39.5 Å². The summed E-state index contributed by atoms with van der Waals surface area (Å²) in [6.07, 6.45) is 3.84. The molecule has 0 aliphatic heterocycles. The number of unbranched alkanes of at least 4 members (excludes halogenated alkanes) is 1. The maximum atomic E-state index is 12.0. The van der Waals surface area contributed by atoms with Crippen LogP contribution in [-0.2, 0) is 56.9 Å². The van der Waals surface area contributed by atoms with Gasteiger partial charge in [0.05, 0.1) is 138 Å². The molecule has 0 spiro atoms. The molecule has 0 amide bonds. The highest BCUT2D eigenvalue weighted by Crippen LogP contribution is 2.14. The minimum Gasteiger partial charge on any atom is -0.463 e. The molecule has 0 fully saturated rings. The molecule has 0 aromatic carbocycles. The van der Waals surface area contributed by atoms with Crippen molar-refractivity contribution in [2.24, 2.45) is 5.92 Å². The third-order valence-corrected chi connectivity index (χ3v) is 6.24. The number of carbonyl (C=O) groups is 1. The minimum absolute atomic E-state index is 0.00148. The Labute approximate surface area is 272 Å². The first kappa shape index (κ1) is 44.0. The summed E-state index contributed by atoms with van der Waals surface area (Å²) < 4.78 is 59.9. The van der Waals surface area contributed by atoms with Crippen LogP contribution in [0.15, 0.2) is 0 Å². The maximum absolute atomic E-state index is 12.0. The predicted molar refractivity (Wildman–Crippen MR) is 171 cm³/mol. The van der Waals surface area contributed by atoms with Crippen LogP contribution < -0.4 is 0 Å². The molecule has 0 heterocycles. The molecule has 0 aliphatic carbocycles. The van der Waals surface area contributed by atoms with Crippen LogP contribution in [-0.4, -0.2) is 170 Å². The summed E-state index contributed by atoms with van der Waals surface area (Å²) in [6.45, 7) is 15.7. The average Bonchev–Trinajstić information content (AvgIpc) is 3.03. The number of rotatable bonds is 38. The smallest absolute Gasteiger partial charge is 0.308 e. The van der Waals surface area contributed by atoms with Crippen molar-refractivity contribution in [3.8, 4) is 0 Å². The van der Waals surface area contributed by atoms with Crippen LogP contribution in [0.4, 0.5) is 0 Å². The Kier molecular flexibility index (Phi) is 36.7. The summed E-state index contributed by atoms with van der Waals surface area (Å²) in [5.41, 5.74) is 0. The highest BCUT2D eigenvalue weighted by molar-refractivity contribution is 5.72. The number of likely N-dealkylation sites (N-methyl/N-ethyl adjacent to an activating group) is 1. The molecule has 1 atom stereocenters. The van der Waals surface area contributed by atoms with E-state index in [1.165, 1.54) is 0 Å². The number of nitrogens with zero attached hydrogens (tertiary/aromatic N) is 1. The minimum atomic E-state index is -0.118. The summed E-state index contributed by atoms with van der Waals surface area (Å²) in [4.78, 5) is 14.1. The number of esters is 1.